The van der Waals surface area contributed by atoms with E-state index in [2.05, 4.69) is 10.1 Å². The zero-order chi connectivity index (χ0) is 20.2. The molecule has 2 aromatic heterocycles. The Morgan fingerprint density at radius 2 is 2.07 bits per heavy atom. The number of carbonyl (C=O) groups is 1. The van der Waals surface area contributed by atoms with E-state index in [0.717, 1.165) is 18.9 Å². The van der Waals surface area contributed by atoms with Gasteiger partial charge in [-0.15, -0.1) is 0 Å². The molecule has 1 saturated carbocycles. The maximum Gasteiger partial charge on any atom is 0.417 e. The minimum absolute atomic E-state index is 0.0593. The van der Waals surface area contributed by atoms with E-state index in [1.54, 1.807) is 18.7 Å². The Bertz CT molecular complexity index is 906. The van der Waals surface area contributed by atoms with Gasteiger partial charge in [-0.1, -0.05) is 25.9 Å². The molecule has 2 aliphatic rings. The van der Waals surface area contributed by atoms with Gasteiger partial charge in [0.1, 0.15) is 0 Å². The predicted octanol–water partition coefficient (Wildman–Crippen LogP) is 4.73. The van der Waals surface area contributed by atoms with Crippen molar-refractivity contribution < 1.29 is 22.5 Å². The van der Waals surface area contributed by atoms with Crippen LogP contribution in [0.3, 0.4) is 0 Å². The summed E-state index contributed by atoms with van der Waals surface area (Å²) >= 11 is 0. The summed E-state index contributed by atoms with van der Waals surface area (Å²) in [7, 11) is 0. The first-order chi connectivity index (χ1) is 13.2. The van der Waals surface area contributed by atoms with Crippen molar-refractivity contribution in [1.82, 2.24) is 15.0 Å². The van der Waals surface area contributed by atoms with Crippen molar-refractivity contribution in [1.29, 1.82) is 0 Å². The quantitative estimate of drug-likeness (QED) is 0.754. The van der Waals surface area contributed by atoms with Crippen LogP contribution in [0.4, 0.5) is 13.2 Å². The number of pyridine rings is 1. The highest BCUT2D eigenvalue weighted by atomic mass is 19.4. The number of amides is 1. The lowest BCUT2D eigenvalue weighted by Crippen LogP contribution is -2.40. The van der Waals surface area contributed by atoms with E-state index in [1.807, 2.05) is 6.92 Å². The average molecular weight is 395 g/mol. The van der Waals surface area contributed by atoms with E-state index >= 15 is 0 Å². The van der Waals surface area contributed by atoms with Crippen molar-refractivity contribution in [3.63, 3.8) is 0 Å². The number of rotatable bonds is 3. The Morgan fingerprint density at radius 1 is 1.36 bits per heavy atom. The Morgan fingerprint density at radius 3 is 2.68 bits per heavy atom. The van der Waals surface area contributed by atoms with Gasteiger partial charge in [-0.05, 0) is 37.2 Å². The van der Waals surface area contributed by atoms with Crippen LogP contribution in [0.5, 0.6) is 0 Å². The molecule has 1 aliphatic heterocycles. The van der Waals surface area contributed by atoms with E-state index in [4.69, 9.17) is 4.52 Å². The van der Waals surface area contributed by atoms with Crippen LogP contribution in [0, 0.1) is 11.8 Å². The first-order valence-electron chi connectivity index (χ1n) is 9.83. The molecule has 0 unspecified atom stereocenters. The number of alkyl halides is 3. The molecule has 3 atom stereocenters. The summed E-state index contributed by atoms with van der Waals surface area (Å²) in [4.78, 5) is 18.6. The molecule has 0 N–H and O–H groups in total. The summed E-state index contributed by atoms with van der Waals surface area (Å²) in [6.45, 7) is 6.65. The van der Waals surface area contributed by atoms with Gasteiger partial charge in [-0.25, -0.2) is 4.98 Å². The van der Waals surface area contributed by atoms with Gasteiger partial charge in [-0.3, -0.25) is 4.79 Å². The van der Waals surface area contributed by atoms with Crippen LogP contribution in [-0.4, -0.2) is 34.0 Å². The monoisotopic (exact) mass is 395 g/mol. The van der Waals surface area contributed by atoms with Crippen LogP contribution >= 0.6 is 0 Å². The number of nitrogens with zero attached hydrogens (tertiary/aromatic N) is 3. The molecule has 3 heterocycles. The van der Waals surface area contributed by atoms with Crippen LogP contribution < -0.4 is 0 Å². The normalized spacial score (nSPS) is 25.5. The number of carbonyl (C=O) groups excluding carboxylic acids is 1. The zero-order valence-corrected chi connectivity index (χ0v) is 16.2. The highest BCUT2D eigenvalue weighted by Gasteiger charge is 2.43. The Kier molecular flexibility index (Phi) is 4.62. The Labute approximate surface area is 161 Å². The molecule has 1 saturated heterocycles. The molecule has 1 amide bonds. The van der Waals surface area contributed by atoms with E-state index in [0.29, 0.717) is 31.1 Å². The van der Waals surface area contributed by atoms with Gasteiger partial charge in [0.25, 0.3) is 5.71 Å². The van der Waals surface area contributed by atoms with Crippen molar-refractivity contribution >= 4 is 17.0 Å². The molecule has 0 radical (unpaired) electrons. The second kappa shape index (κ2) is 6.74. The maximum atomic E-state index is 13.8. The van der Waals surface area contributed by atoms with Crippen molar-refractivity contribution in [3.8, 4) is 0 Å². The Hall–Kier alpha value is -2.12. The summed E-state index contributed by atoms with van der Waals surface area (Å²) in [6.07, 6.45) is -2.22. The summed E-state index contributed by atoms with van der Waals surface area (Å²) in [5.41, 5.74) is -0.235. The number of halogens is 3. The summed E-state index contributed by atoms with van der Waals surface area (Å²) in [5.74, 6) is 0.134. The molecule has 2 aromatic rings. The molecule has 0 bridgehead atoms. The second-order valence-electron chi connectivity index (χ2n) is 8.44. The first-order valence-corrected chi connectivity index (χ1v) is 9.83. The number of likely N-dealkylation sites (tertiary alicyclic amines) is 1. The fourth-order valence-electron chi connectivity index (χ4n) is 4.09. The standard InChI is InChI=1S/C20H24F3N3O2/c1-10(2)15-8-14(20(21,22)23)16-17(25-28-18(16)24-15)12-5-4-6-26(9-12)19(27)13-7-11(13)3/h8,10-13H,4-7,9H2,1-3H3/t11-,12-,13+/m1/s1. The molecule has 8 heteroatoms. The minimum atomic E-state index is -4.53. The lowest BCUT2D eigenvalue weighted by molar-refractivity contribution is -0.136. The van der Waals surface area contributed by atoms with Crippen molar-refractivity contribution in [2.24, 2.45) is 11.8 Å². The third-order valence-corrected chi connectivity index (χ3v) is 5.94. The fraction of sp³-hybridized carbons (Fsp3) is 0.650. The number of hydrogen-bond donors (Lipinski definition) is 0. The predicted molar refractivity (Wildman–Crippen MR) is 96.7 cm³/mol. The molecule has 4 rings (SSSR count). The smallest absolute Gasteiger partial charge is 0.342 e. The molecule has 0 aromatic carbocycles. The third-order valence-electron chi connectivity index (χ3n) is 5.94. The van der Waals surface area contributed by atoms with E-state index < -0.39 is 11.7 Å². The summed E-state index contributed by atoms with van der Waals surface area (Å²) < 4.78 is 46.6. The van der Waals surface area contributed by atoms with Crippen molar-refractivity contribution in [2.45, 2.75) is 58.0 Å². The number of piperidine rings is 1. The molecule has 152 valence electrons. The van der Waals surface area contributed by atoms with Crippen LogP contribution in [0.25, 0.3) is 11.1 Å². The van der Waals surface area contributed by atoms with E-state index in [1.165, 1.54) is 0 Å². The number of aromatic nitrogens is 2. The highest BCUT2D eigenvalue weighted by molar-refractivity contribution is 5.83. The lowest BCUT2D eigenvalue weighted by Gasteiger charge is -2.32. The molecule has 5 nitrogen and oxygen atoms in total. The number of hydrogen-bond acceptors (Lipinski definition) is 4. The van der Waals surface area contributed by atoms with Crippen LogP contribution in [0.1, 0.15) is 68.8 Å². The van der Waals surface area contributed by atoms with Crippen LogP contribution in [-0.2, 0) is 11.0 Å². The molecular weight excluding hydrogens is 371 g/mol. The van der Waals surface area contributed by atoms with Gasteiger partial charge in [0.15, 0.2) is 0 Å². The van der Waals surface area contributed by atoms with Gasteiger partial charge in [-0.2, -0.15) is 13.2 Å². The topological polar surface area (TPSA) is 59.2 Å². The fourth-order valence-corrected chi connectivity index (χ4v) is 4.09. The summed E-state index contributed by atoms with van der Waals surface area (Å²) in [5, 5.41) is 3.93. The van der Waals surface area contributed by atoms with Crippen LogP contribution in [0.15, 0.2) is 10.6 Å². The number of fused-ring (bicyclic) bond motifs is 1. The van der Waals surface area contributed by atoms with Crippen molar-refractivity contribution in [2.75, 3.05) is 13.1 Å². The van der Waals surface area contributed by atoms with Gasteiger partial charge in [0, 0.05) is 30.6 Å². The highest BCUT2D eigenvalue weighted by Crippen LogP contribution is 2.43. The molecule has 28 heavy (non-hydrogen) atoms. The molecule has 2 fully saturated rings. The molecule has 1 aliphatic carbocycles. The van der Waals surface area contributed by atoms with Gasteiger partial charge >= 0.3 is 6.18 Å². The lowest BCUT2D eigenvalue weighted by atomic mass is 9.91. The molecule has 0 spiro atoms. The van der Waals surface area contributed by atoms with Crippen molar-refractivity contribution in [3.05, 3.63) is 23.0 Å². The van der Waals surface area contributed by atoms with Gasteiger partial charge in [0.2, 0.25) is 5.91 Å². The third kappa shape index (κ3) is 3.37. The van der Waals surface area contributed by atoms with Crippen LogP contribution in [0.2, 0.25) is 0 Å². The summed E-state index contributed by atoms with van der Waals surface area (Å²) in [6, 6.07) is 1.10. The minimum Gasteiger partial charge on any atom is -0.342 e. The van der Waals surface area contributed by atoms with E-state index in [9.17, 15) is 18.0 Å². The first kappa shape index (κ1) is 19.2. The van der Waals surface area contributed by atoms with Gasteiger partial charge < -0.3 is 9.42 Å². The SMILES string of the molecule is CC(C)c1cc(C(F)(F)F)c2c([C@@H]3CCCN(C(=O)[C@H]4C[C@H]4C)C3)noc2n1. The second-order valence-corrected chi connectivity index (χ2v) is 8.44. The molecular formula is C20H24F3N3O2. The Balaban J connectivity index is 1.71. The maximum absolute atomic E-state index is 13.8. The van der Waals surface area contributed by atoms with Gasteiger partial charge in [0.05, 0.1) is 16.6 Å². The zero-order valence-electron chi connectivity index (χ0n) is 16.2. The average Bonchev–Trinajstić information content (AvgIpc) is 3.22. The van der Waals surface area contributed by atoms with E-state index in [-0.39, 0.29) is 40.5 Å². The largest absolute Gasteiger partial charge is 0.417 e.